The van der Waals surface area contributed by atoms with Gasteiger partial charge in [-0.15, -0.1) is 0 Å². The number of anilines is 3. The lowest BCUT2D eigenvalue weighted by molar-refractivity contribution is -0.116. The normalized spacial score (nSPS) is 18.8. The highest BCUT2D eigenvalue weighted by molar-refractivity contribution is 6.35. The number of benzene rings is 1. The molecule has 3 N–H and O–H groups in total. The SMILES string of the molecule is CNC(=O)c1ccc(N2CCN(Cc3ccc4c(c3Cl)NC(=O)C(C)N4)CC2)c(C)n1. The Kier molecular flexibility index (Phi) is 6.02. The van der Waals surface area contributed by atoms with Crippen LogP contribution >= 0.6 is 11.6 Å². The molecule has 0 saturated carbocycles. The van der Waals surface area contributed by atoms with Crippen LogP contribution in [0.1, 0.15) is 28.7 Å². The zero-order valence-electron chi connectivity index (χ0n) is 18.0. The van der Waals surface area contributed by atoms with Crippen molar-refractivity contribution in [2.24, 2.45) is 0 Å². The summed E-state index contributed by atoms with van der Waals surface area (Å²) >= 11 is 6.62. The Balaban J connectivity index is 1.41. The summed E-state index contributed by atoms with van der Waals surface area (Å²) in [5, 5.41) is 9.29. The van der Waals surface area contributed by atoms with Crippen molar-refractivity contribution < 1.29 is 9.59 Å². The Hall–Kier alpha value is -2.84. The number of rotatable bonds is 4. The van der Waals surface area contributed by atoms with E-state index in [9.17, 15) is 9.59 Å². The maximum atomic E-state index is 12.0. The van der Waals surface area contributed by atoms with Crippen LogP contribution in [0.2, 0.25) is 5.02 Å². The number of aryl methyl sites for hydroxylation is 1. The highest BCUT2D eigenvalue weighted by atomic mass is 35.5. The Morgan fingerprint density at radius 3 is 2.65 bits per heavy atom. The number of hydrogen-bond acceptors (Lipinski definition) is 6. The molecule has 1 aromatic heterocycles. The Labute approximate surface area is 187 Å². The van der Waals surface area contributed by atoms with E-state index in [1.165, 1.54) is 0 Å². The third-order valence-corrected chi connectivity index (χ3v) is 6.29. The van der Waals surface area contributed by atoms with E-state index in [1.54, 1.807) is 13.1 Å². The number of piperazine rings is 1. The van der Waals surface area contributed by atoms with E-state index < -0.39 is 0 Å². The first-order chi connectivity index (χ1) is 14.9. The molecule has 1 fully saturated rings. The van der Waals surface area contributed by atoms with Gasteiger partial charge in [0.1, 0.15) is 11.7 Å². The summed E-state index contributed by atoms with van der Waals surface area (Å²) < 4.78 is 0. The van der Waals surface area contributed by atoms with Crippen LogP contribution in [-0.4, -0.2) is 61.0 Å². The number of fused-ring (bicyclic) bond motifs is 1. The summed E-state index contributed by atoms with van der Waals surface area (Å²) in [5.74, 6) is -0.256. The third kappa shape index (κ3) is 4.31. The predicted molar refractivity (Wildman–Crippen MR) is 123 cm³/mol. The molecule has 0 bridgehead atoms. The number of carbonyl (C=O) groups excluding carboxylic acids is 2. The van der Waals surface area contributed by atoms with Crippen molar-refractivity contribution in [1.29, 1.82) is 0 Å². The van der Waals surface area contributed by atoms with E-state index in [0.29, 0.717) is 16.4 Å². The Bertz CT molecular complexity index is 1020. The monoisotopic (exact) mass is 442 g/mol. The number of halogens is 1. The lowest BCUT2D eigenvalue weighted by Gasteiger charge is -2.37. The van der Waals surface area contributed by atoms with E-state index >= 15 is 0 Å². The number of nitrogens with one attached hydrogen (secondary N) is 3. The second-order valence-corrected chi connectivity index (χ2v) is 8.34. The molecule has 1 unspecified atom stereocenters. The van der Waals surface area contributed by atoms with Gasteiger partial charge in [0.15, 0.2) is 0 Å². The lowest BCUT2D eigenvalue weighted by atomic mass is 10.1. The van der Waals surface area contributed by atoms with Gasteiger partial charge in [-0.3, -0.25) is 14.5 Å². The number of carbonyl (C=O) groups is 2. The Morgan fingerprint density at radius 2 is 1.97 bits per heavy atom. The first kappa shape index (κ1) is 21.4. The van der Waals surface area contributed by atoms with Crippen LogP contribution in [-0.2, 0) is 11.3 Å². The van der Waals surface area contributed by atoms with E-state index in [2.05, 4.69) is 30.7 Å². The second kappa shape index (κ2) is 8.72. The standard InChI is InChI=1S/C22H27ClN6O2/c1-13-18(7-6-17(25-13)22(31)24-3)29-10-8-28(9-11-29)12-15-4-5-16-20(19(15)23)27-21(30)14(2)26-16/h4-7,14,26H,8-12H2,1-3H3,(H,24,31)(H,27,30). The molecule has 2 aliphatic rings. The van der Waals surface area contributed by atoms with Crippen molar-refractivity contribution in [2.45, 2.75) is 26.4 Å². The van der Waals surface area contributed by atoms with Crippen molar-refractivity contribution in [3.05, 3.63) is 46.2 Å². The molecule has 8 nitrogen and oxygen atoms in total. The van der Waals surface area contributed by atoms with E-state index in [0.717, 1.165) is 55.4 Å². The number of aromatic nitrogens is 1. The molecule has 0 aliphatic carbocycles. The first-order valence-electron chi connectivity index (χ1n) is 10.4. The van der Waals surface area contributed by atoms with Gasteiger partial charge in [-0.2, -0.15) is 0 Å². The summed E-state index contributed by atoms with van der Waals surface area (Å²) in [5.41, 5.74) is 4.86. The van der Waals surface area contributed by atoms with E-state index in [-0.39, 0.29) is 17.9 Å². The van der Waals surface area contributed by atoms with Crippen LogP contribution in [0.3, 0.4) is 0 Å². The molecule has 4 rings (SSSR count). The maximum absolute atomic E-state index is 12.0. The van der Waals surface area contributed by atoms with Crippen LogP contribution in [0, 0.1) is 6.92 Å². The predicted octanol–water partition coefficient (Wildman–Crippen LogP) is 2.48. The van der Waals surface area contributed by atoms with Gasteiger partial charge in [0.25, 0.3) is 5.91 Å². The summed E-state index contributed by atoms with van der Waals surface area (Å²) in [6, 6.07) is 7.47. The minimum Gasteiger partial charge on any atom is -0.372 e. The first-order valence-corrected chi connectivity index (χ1v) is 10.8. The summed E-state index contributed by atoms with van der Waals surface area (Å²) in [7, 11) is 1.60. The molecule has 0 spiro atoms. The minimum absolute atomic E-state index is 0.0772. The van der Waals surface area contributed by atoms with Crippen molar-refractivity contribution in [3.8, 4) is 0 Å². The van der Waals surface area contributed by atoms with E-state index in [4.69, 9.17) is 11.6 Å². The fraction of sp³-hybridized carbons (Fsp3) is 0.409. The fourth-order valence-corrected chi connectivity index (χ4v) is 4.32. The second-order valence-electron chi connectivity index (χ2n) is 7.96. The number of hydrogen-bond donors (Lipinski definition) is 3. The molecule has 2 aliphatic heterocycles. The third-order valence-electron chi connectivity index (χ3n) is 5.86. The molecule has 1 saturated heterocycles. The van der Waals surface area contributed by atoms with Crippen molar-refractivity contribution in [2.75, 3.05) is 48.8 Å². The quantitative estimate of drug-likeness (QED) is 0.674. The van der Waals surface area contributed by atoms with Crippen molar-refractivity contribution in [1.82, 2.24) is 15.2 Å². The average molecular weight is 443 g/mol. The van der Waals surface area contributed by atoms with Gasteiger partial charge in [0.05, 0.1) is 27.8 Å². The van der Waals surface area contributed by atoms with Gasteiger partial charge < -0.3 is 20.9 Å². The van der Waals surface area contributed by atoms with Crippen LogP contribution in [0.5, 0.6) is 0 Å². The fourth-order valence-electron chi connectivity index (χ4n) is 4.04. The van der Waals surface area contributed by atoms with Crippen LogP contribution in [0.25, 0.3) is 0 Å². The molecular weight excluding hydrogens is 416 g/mol. The molecule has 2 aromatic rings. The van der Waals surface area contributed by atoms with Gasteiger partial charge in [0.2, 0.25) is 5.91 Å². The van der Waals surface area contributed by atoms with Crippen LogP contribution < -0.4 is 20.9 Å². The molecule has 164 valence electrons. The zero-order valence-corrected chi connectivity index (χ0v) is 18.7. The summed E-state index contributed by atoms with van der Waals surface area (Å²) in [6.45, 7) is 7.96. The van der Waals surface area contributed by atoms with Crippen molar-refractivity contribution in [3.63, 3.8) is 0 Å². The highest BCUT2D eigenvalue weighted by Crippen LogP contribution is 2.37. The van der Waals surface area contributed by atoms with E-state index in [1.807, 2.05) is 32.0 Å². The number of amides is 2. The van der Waals surface area contributed by atoms with Crippen molar-refractivity contribution >= 4 is 40.5 Å². The zero-order chi connectivity index (χ0) is 22.1. The van der Waals surface area contributed by atoms with Gasteiger partial charge in [-0.05, 0) is 37.6 Å². The molecular formula is C22H27ClN6O2. The smallest absolute Gasteiger partial charge is 0.269 e. The molecule has 0 radical (unpaired) electrons. The largest absolute Gasteiger partial charge is 0.372 e. The topological polar surface area (TPSA) is 89.6 Å². The molecule has 2 amide bonds. The summed E-state index contributed by atoms with van der Waals surface area (Å²) in [4.78, 5) is 32.9. The number of nitrogens with zero attached hydrogens (tertiary/aromatic N) is 3. The molecule has 9 heteroatoms. The average Bonchev–Trinajstić information content (AvgIpc) is 2.77. The molecule has 1 atom stereocenters. The molecule has 31 heavy (non-hydrogen) atoms. The van der Waals surface area contributed by atoms with Gasteiger partial charge in [0, 0.05) is 39.8 Å². The van der Waals surface area contributed by atoms with Gasteiger partial charge in [-0.25, -0.2) is 4.98 Å². The minimum atomic E-state index is -0.272. The highest BCUT2D eigenvalue weighted by Gasteiger charge is 2.26. The van der Waals surface area contributed by atoms with Crippen LogP contribution in [0.4, 0.5) is 17.1 Å². The lowest BCUT2D eigenvalue weighted by Crippen LogP contribution is -2.46. The summed E-state index contributed by atoms with van der Waals surface area (Å²) in [6.07, 6.45) is 0. The molecule has 1 aromatic carbocycles. The number of pyridine rings is 1. The van der Waals surface area contributed by atoms with Gasteiger partial charge >= 0.3 is 0 Å². The maximum Gasteiger partial charge on any atom is 0.269 e. The van der Waals surface area contributed by atoms with Crippen LogP contribution in [0.15, 0.2) is 24.3 Å². The Morgan fingerprint density at radius 1 is 1.23 bits per heavy atom. The van der Waals surface area contributed by atoms with Gasteiger partial charge in [-0.1, -0.05) is 17.7 Å². The molecule has 3 heterocycles.